The first kappa shape index (κ1) is 12.6. The third-order valence-electron chi connectivity index (χ3n) is 0.556. The average Bonchev–Trinajstić information content (AvgIpc) is 2.17. The van der Waals surface area contributed by atoms with Crippen molar-refractivity contribution in [3.8, 4) is 0 Å². The van der Waals surface area contributed by atoms with Gasteiger partial charge in [-0.15, -0.1) is 0 Å². The van der Waals surface area contributed by atoms with Gasteiger partial charge in [0.2, 0.25) is 0 Å². The van der Waals surface area contributed by atoms with E-state index in [-0.39, 0.29) is 20.9 Å². The maximum atomic E-state index is 3.20. The largest absolute Gasteiger partial charge is 0.358 e. The minimum absolute atomic E-state index is 0. The van der Waals surface area contributed by atoms with E-state index in [1.165, 1.54) is 0 Å². The molecule has 0 aliphatic carbocycles. The molecule has 9 heavy (non-hydrogen) atoms. The Balaban J connectivity index is 0. The van der Waals surface area contributed by atoms with Gasteiger partial charge in [-0.05, 0) is 0 Å². The van der Waals surface area contributed by atoms with Crippen LogP contribution in [0, 0.1) is 7.43 Å². The van der Waals surface area contributed by atoms with Crippen LogP contribution in [0.4, 0.5) is 0 Å². The van der Waals surface area contributed by atoms with E-state index >= 15 is 0 Å². The molecule has 0 fully saturated rings. The first-order valence-electron chi connectivity index (χ1n) is 1.93. The van der Waals surface area contributed by atoms with Crippen LogP contribution in [0.1, 0.15) is 0 Å². The second-order valence-electron chi connectivity index (χ2n) is 1.01. The second kappa shape index (κ2) is 11.7. The molecule has 0 aliphatic heterocycles. The van der Waals surface area contributed by atoms with E-state index in [9.17, 15) is 0 Å². The first-order chi connectivity index (χ1) is 3.91. The molecule has 0 aliphatic rings. The number of rotatable bonds is 0. The van der Waals surface area contributed by atoms with Gasteiger partial charge in [-0.3, -0.25) is 0 Å². The van der Waals surface area contributed by atoms with Crippen LogP contribution in [0.25, 0.3) is 0 Å². The van der Waals surface area contributed by atoms with E-state index in [1.54, 1.807) is 0 Å². The summed E-state index contributed by atoms with van der Waals surface area (Å²) in [7, 11) is 0. The summed E-state index contributed by atoms with van der Waals surface area (Å²) in [6, 6.07) is 10.0. The molecule has 0 amide bonds. The fourth-order valence-electron chi connectivity index (χ4n) is 0.321. The number of hydrogen-bond donors (Lipinski definition) is 0. The van der Waals surface area contributed by atoms with E-state index in [4.69, 9.17) is 0 Å². The van der Waals surface area contributed by atoms with Crippen LogP contribution in [0.3, 0.4) is 0 Å². The Hall–Kier alpha value is 0.946. The van der Waals surface area contributed by atoms with Gasteiger partial charge >= 0.3 is 40.6 Å². The van der Waals surface area contributed by atoms with Gasteiger partial charge in [0.15, 0.2) is 0 Å². The molecule has 0 atom stereocenters. The minimum Gasteiger partial charge on any atom is -0.358 e. The molecular weight excluding hydrogens is 422 g/mol. The Morgan fingerprint density at radius 2 is 1.44 bits per heavy atom. The topological polar surface area (TPSA) is 0 Å². The van der Waals surface area contributed by atoms with Crippen molar-refractivity contribution >= 4 is 27.1 Å². The zero-order valence-electron chi connectivity index (χ0n) is 5.00. The zero-order valence-corrected chi connectivity index (χ0v) is 10.7. The molecule has 0 aromatic heterocycles. The van der Waals surface area contributed by atoms with E-state index in [2.05, 4.69) is 27.1 Å². The van der Waals surface area contributed by atoms with Crippen LogP contribution in [0.15, 0.2) is 30.3 Å². The predicted molar refractivity (Wildman–Crippen MR) is 46.3 cm³/mol. The second-order valence-corrected chi connectivity index (χ2v) is 12.1. The Labute approximate surface area is 77.8 Å². The number of hydrogen-bond acceptors (Lipinski definition) is 0. The SMILES string of the molecule is [Br][Os][Br].[CH3-].c1cc[cH-]c1. The van der Waals surface area contributed by atoms with Crippen LogP contribution in [-0.2, 0) is 13.5 Å². The summed E-state index contributed by atoms with van der Waals surface area (Å²) in [5.41, 5.74) is 0. The van der Waals surface area contributed by atoms with Gasteiger partial charge < -0.3 is 7.43 Å². The molecule has 0 saturated heterocycles. The van der Waals surface area contributed by atoms with Crippen molar-refractivity contribution in [1.82, 2.24) is 0 Å². The van der Waals surface area contributed by atoms with Crippen molar-refractivity contribution in [2.75, 3.05) is 0 Å². The maximum Gasteiger partial charge on any atom is -0.172 e. The predicted octanol–water partition coefficient (Wildman–Crippen LogP) is 3.54. The Kier molecular flexibility index (Phi) is 16.4. The Morgan fingerprint density at radius 3 is 1.56 bits per heavy atom. The third kappa shape index (κ3) is 12.2. The molecular formula is C6H8Br2Os-2. The van der Waals surface area contributed by atoms with E-state index in [0.29, 0.717) is 0 Å². The summed E-state index contributed by atoms with van der Waals surface area (Å²) < 4.78 is 0. The fourth-order valence-corrected chi connectivity index (χ4v) is 0.321. The Morgan fingerprint density at radius 1 is 1.11 bits per heavy atom. The molecule has 0 spiro atoms. The Bertz CT molecular complexity index is 78.0. The fraction of sp³-hybridized carbons (Fsp3) is 0. The van der Waals surface area contributed by atoms with Gasteiger partial charge in [0.1, 0.15) is 0 Å². The van der Waals surface area contributed by atoms with E-state index in [0.717, 1.165) is 0 Å². The number of halogens is 2. The van der Waals surface area contributed by atoms with Crippen LogP contribution in [-0.4, -0.2) is 0 Å². The molecule has 0 nitrogen and oxygen atoms in total. The van der Waals surface area contributed by atoms with Gasteiger partial charge in [-0.2, -0.15) is 18.2 Å². The van der Waals surface area contributed by atoms with Gasteiger partial charge in [0.05, 0.1) is 0 Å². The summed E-state index contributed by atoms with van der Waals surface area (Å²) in [6.07, 6.45) is 0. The quantitative estimate of drug-likeness (QED) is 0.553. The van der Waals surface area contributed by atoms with Crippen LogP contribution in [0.2, 0.25) is 0 Å². The summed E-state index contributed by atoms with van der Waals surface area (Å²) in [5.74, 6) is 0. The van der Waals surface area contributed by atoms with Gasteiger partial charge in [0, 0.05) is 0 Å². The van der Waals surface area contributed by atoms with Crippen molar-refractivity contribution in [1.29, 1.82) is 0 Å². The molecule has 56 valence electrons. The smallest absolute Gasteiger partial charge is 0.172 e. The molecule has 1 aromatic rings. The van der Waals surface area contributed by atoms with Crippen molar-refractivity contribution in [3.63, 3.8) is 0 Å². The molecule has 3 heteroatoms. The average molecular weight is 430 g/mol. The zero-order chi connectivity index (χ0) is 6.24. The summed E-state index contributed by atoms with van der Waals surface area (Å²) in [4.78, 5) is 0. The maximum absolute atomic E-state index is 3.20. The van der Waals surface area contributed by atoms with Crippen LogP contribution in [0.5, 0.6) is 0 Å². The van der Waals surface area contributed by atoms with Crippen molar-refractivity contribution in [2.24, 2.45) is 0 Å². The summed E-state index contributed by atoms with van der Waals surface area (Å²) >= 11 is 6.44. The molecule has 0 radical (unpaired) electrons. The third-order valence-corrected chi connectivity index (χ3v) is 0.556. The van der Waals surface area contributed by atoms with Crippen molar-refractivity contribution in [2.45, 2.75) is 0 Å². The van der Waals surface area contributed by atoms with Crippen molar-refractivity contribution in [3.05, 3.63) is 37.8 Å². The summed E-state index contributed by atoms with van der Waals surface area (Å²) in [6.45, 7) is 0. The van der Waals surface area contributed by atoms with E-state index in [1.807, 2.05) is 30.3 Å². The summed E-state index contributed by atoms with van der Waals surface area (Å²) in [5, 5.41) is 0. The standard InChI is InChI=1S/C5H5.CH3.2BrH.Os/c1-2-4-5-3-1;;;;/h1-5H;1H3;2*1H;/q2*-1;;;+2/p-2. The van der Waals surface area contributed by atoms with Gasteiger partial charge in [0.25, 0.3) is 0 Å². The molecule has 0 unspecified atom stereocenters. The minimum atomic E-state index is 0. The molecule has 0 saturated carbocycles. The molecule has 1 rings (SSSR count). The molecule has 1 aromatic carbocycles. The van der Waals surface area contributed by atoms with Crippen LogP contribution < -0.4 is 0 Å². The first-order valence-corrected chi connectivity index (χ1v) is 13.0. The molecule has 0 bridgehead atoms. The monoisotopic (exact) mass is 430 g/mol. The van der Waals surface area contributed by atoms with Crippen LogP contribution >= 0.6 is 27.1 Å². The van der Waals surface area contributed by atoms with E-state index < -0.39 is 0 Å². The van der Waals surface area contributed by atoms with Gasteiger partial charge in [-0.25, -0.2) is 12.1 Å². The molecule has 0 N–H and O–H groups in total. The molecule has 0 heterocycles. The van der Waals surface area contributed by atoms with Gasteiger partial charge in [-0.1, -0.05) is 0 Å². The normalized spacial score (nSPS) is 6.89. The van der Waals surface area contributed by atoms with Crippen molar-refractivity contribution < 1.29 is 13.5 Å².